The third kappa shape index (κ3) is 4.45. The molecular formula is C15H9Cl2F3N4S. The van der Waals surface area contributed by atoms with Gasteiger partial charge in [-0.25, -0.2) is 4.68 Å². The average Bonchev–Trinajstić information content (AvgIpc) is 3.04. The zero-order chi connectivity index (χ0) is 18.0. The molecule has 2 aromatic heterocycles. The lowest BCUT2D eigenvalue weighted by molar-refractivity contribution is -0.141. The second-order valence-corrected chi connectivity index (χ2v) is 6.78. The van der Waals surface area contributed by atoms with Gasteiger partial charge in [0.25, 0.3) is 0 Å². The first kappa shape index (κ1) is 18.0. The van der Waals surface area contributed by atoms with E-state index in [9.17, 15) is 13.2 Å². The molecule has 130 valence electrons. The Morgan fingerprint density at radius 2 is 1.88 bits per heavy atom. The van der Waals surface area contributed by atoms with E-state index in [1.54, 1.807) is 24.4 Å². The summed E-state index contributed by atoms with van der Waals surface area (Å²) in [5.74, 6) is 0.364. The minimum atomic E-state index is -4.46. The molecule has 3 rings (SSSR count). The number of halogens is 5. The van der Waals surface area contributed by atoms with E-state index in [0.717, 1.165) is 12.3 Å². The highest BCUT2D eigenvalue weighted by atomic mass is 35.5. The van der Waals surface area contributed by atoms with Crippen LogP contribution in [0.5, 0.6) is 0 Å². The number of nitrogens with zero attached hydrogens (tertiary/aromatic N) is 4. The Bertz CT molecular complexity index is 898. The quantitative estimate of drug-likeness (QED) is 0.554. The van der Waals surface area contributed by atoms with Gasteiger partial charge in [0, 0.05) is 16.8 Å². The van der Waals surface area contributed by atoms with E-state index in [0.29, 0.717) is 32.1 Å². The molecule has 0 amide bonds. The van der Waals surface area contributed by atoms with E-state index in [4.69, 9.17) is 23.2 Å². The summed E-state index contributed by atoms with van der Waals surface area (Å²) < 4.78 is 39.5. The number of aromatic nitrogens is 4. The van der Waals surface area contributed by atoms with Crippen molar-refractivity contribution in [2.24, 2.45) is 0 Å². The van der Waals surface area contributed by atoms with Crippen LogP contribution in [0.3, 0.4) is 0 Å². The van der Waals surface area contributed by atoms with Gasteiger partial charge in [-0.3, -0.25) is 4.98 Å². The summed E-state index contributed by atoms with van der Waals surface area (Å²) in [6, 6.07) is 7.55. The minimum Gasteiger partial charge on any atom is -0.252 e. The zero-order valence-corrected chi connectivity index (χ0v) is 14.7. The lowest BCUT2D eigenvalue weighted by Crippen LogP contribution is -2.07. The summed E-state index contributed by atoms with van der Waals surface area (Å²) in [4.78, 5) is 3.78. The molecule has 3 aromatic rings. The van der Waals surface area contributed by atoms with E-state index in [2.05, 4.69) is 15.3 Å². The van der Waals surface area contributed by atoms with Crippen molar-refractivity contribution in [1.29, 1.82) is 0 Å². The molecule has 0 aliphatic carbocycles. The van der Waals surface area contributed by atoms with Crippen molar-refractivity contribution in [3.8, 4) is 5.69 Å². The molecule has 0 spiro atoms. The Morgan fingerprint density at radius 1 is 1.08 bits per heavy atom. The van der Waals surface area contributed by atoms with Crippen LogP contribution in [0.4, 0.5) is 13.2 Å². The van der Waals surface area contributed by atoms with Crippen LogP contribution in [-0.4, -0.2) is 20.0 Å². The predicted octanol–water partition coefficient (Wildman–Crippen LogP) is 5.28. The summed E-state index contributed by atoms with van der Waals surface area (Å²) in [6.07, 6.45) is -1.65. The van der Waals surface area contributed by atoms with Gasteiger partial charge < -0.3 is 0 Å². The van der Waals surface area contributed by atoms with E-state index in [1.807, 2.05) is 0 Å². The van der Waals surface area contributed by atoms with Gasteiger partial charge >= 0.3 is 6.18 Å². The smallest absolute Gasteiger partial charge is 0.252 e. The van der Waals surface area contributed by atoms with Gasteiger partial charge in [-0.1, -0.05) is 28.4 Å². The third-order valence-corrected chi connectivity index (χ3v) is 4.88. The highest BCUT2D eigenvalue weighted by molar-refractivity contribution is 7.98. The van der Waals surface area contributed by atoms with Crippen molar-refractivity contribution < 1.29 is 13.2 Å². The fraction of sp³-hybridized carbons (Fsp3) is 0.133. The molecule has 2 heterocycles. The Balaban J connectivity index is 1.71. The minimum absolute atomic E-state index is 0.364. The normalized spacial score (nSPS) is 11.7. The summed E-state index contributed by atoms with van der Waals surface area (Å²) >= 11 is 13.1. The van der Waals surface area contributed by atoms with Crippen molar-refractivity contribution in [2.75, 3.05) is 0 Å². The lowest BCUT2D eigenvalue weighted by atomic mass is 10.3. The maximum Gasteiger partial charge on any atom is 0.433 e. The molecule has 0 aliphatic heterocycles. The van der Waals surface area contributed by atoms with E-state index in [-0.39, 0.29) is 0 Å². The molecular weight excluding hydrogens is 396 g/mol. The molecule has 0 saturated heterocycles. The first-order chi connectivity index (χ1) is 11.8. The number of benzene rings is 1. The van der Waals surface area contributed by atoms with Gasteiger partial charge in [-0.05, 0) is 30.3 Å². The average molecular weight is 405 g/mol. The number of pyridine rings is 1. The molecule has 0 saturated carbocycles. The van der Waals surface area contributed by atoms with Crippen molar-refractivity contribution in [1.82, 2.24) is 20.0 Å². The number of hydrogen-bond acceptors (Lipinski definition) is 4. The lowest BCUT2D eigenvalue weighted by Gasteiger charge is -2.06. The SMILES string of the molecule is FC(F)(F)c1cc(SCc2cn(-c3ccc(Cl)c(Cl)c3)nn2)ccn1. The van der Waals surface area contributed by atoms with Crippen LogP contribution < -0.4 is 0 Å². The largest absolute Gasteiger partial charge is 0.433 e. The van der Waals surface area contributed by atoms with Crippen LogP contribution in [0, 0.1) is 0 Å². The molecule has 0 atom stereocenters. The maximum atomic E-state index is 12.7. The van der Waals surface area contributed by atoms with Gasteiger partial charge in [-0.15, -0.1) is 16.9 Å². The second-order valence-electron chi connectivity index (χ2n) is 4.92. The van der Waals surface area contributed by atoms with E-state index >= 15 is 0 Å². The summed E-state index contributed by atoms with van der Waals surface area (Å²) in [5.41, 5.74) is 0.375. The van der Waals surface area contributed by atoms with Crippen molar-refractivity contribution >= 4 is 35.0 Å². The summed E-state index contributed by atoms with van der Waals surface area (Å²) in [7, 11) is 0. The number of hydrogen-bond donors (Lipinski definition) is 0. The molecule has 0 radical (unpaired) electrons. The molecule has 0 unspecified atom stereocenters. The predicted molar refractivity (Wildman–Crippen MR) is 90.2 cm³/mol. The molecule has 0 fully saturated rings. The van der Waals surface area contributed by atoms with Crippen LogP contribution in [0.25, 0.3) is 5.69 Å². The Kier molecular flexibility index (Phi) is 5.21. The summed E-state index contributed by atoms with van der Waals surface area (Å²) in [6.45, 7) is 0. The Morgan fingerprint density at radius 3 is 2.60 bits per heavy atom. The van der Waals surface area contributed by atoms with Crippen LogP contribution in [-0.2, 0) is 11.9 Å². The zero-order valence-electron chi connectivity index (χ0n) is 12.3. The second kappa shape index (κ2) is 7.23. The number of thioether (sulfide) groups is 1. The van der Waals surface area contributed by atoms with Crippen LogP contribution >= 0.6 is 35.0 Å². The first-order valence-electron chi connectivity index (χ1n) is 6.85. The van der Waals surface area contributed by atoms with Crippen molar-refractivity contribution in [2.45, 2.75) is 16.8 Å². The number of alkyl halides is 3. The van der Waals surface area contributed by atoms with Gasteiger partial charge in [0.2, 0.25) is 0 Å². The van der Waals surface area contributed by atoms with Crippen molar-refractivity contribution in [3.05, 3.63) is 64.2 Å². The Labute approximate surface area is 155 Å². The molecule has 0 N–H and O–H groups in total. The van der Waals surface area contributed by atoms with Gasteiger partial charge in [-0.2, -0.15) is 13.2 Å². The van der Waals surface area contributed by atoms with Crippen LogP contribution in [0.15, 0.2) is 47.6 Å². The monoisotopic (exact) mass is 404 g/mol. The van der Waals surface area contributed by atoms with E-state index in [1.165, 1.54) is 22.5 Å². The van der Waals surface area contributed by atoms with Crippen LogP contribution in [0.1, 0.15) is 11.4 Å². The van der Waals surface area contributed by atoms with Gasteiger partial charge in [0.15, 0.2) is 0 Å². The third-order valence-electron chi connectivity index (χ3n) is 3.12. The number of rotatable bonds is 4. The fourth-order valence-corrected chi connectivity index (χ4v) is 3.02. The molecule has 1 aromatic carbocycles. The first-order valence-corrected chi connectivity index (χ1v) is 8.60. The van der Waals surface area contributed by atoms with Crippen molar-refractivity contribution in [3.63, 3.8) is 0 Å². The van der Waals surface area contributed by atoms with Gasteiger partial charge in [0.05, 0.1) is 27.6 Å². The molecule has 0 aliphatic rings. The standard InChI is InChI=1S/C15H9Cl2F3N4S/c16-12-2-1-10(5-13(12)17)24-7-9(22-23-24)8-25-11-3-4-21-14(6-11)15(18,19)20/h1-7H,8H2. The highest BCUT2D eigenvalue weighted by Crippen LogP contribution is 2.31. The Hall–Kier alpha value is -1.77. The summed E-state index contributed by atoms with van der Waals surface area (Å²) in [5, 5.41) is 8.82. The van der Waals surface area contributed by atoms with E-state index < -0.39 is 11.9 Å². The fourth-order valence-electron chi connectivity index (χ4n) is 1.93. The topological polar surface area (TPSA) is 43.6 Å². The van der Waals surface area contributed by atoms with Crippen LogP contribution in [0.2, 0.25) is 10.0 Å². The van der Waals surface area contributed by atoms with Gasteiger partial charge in [0.1, 0.15) is 5.69 Å². The maximum absolute atomic E-state index is 12.7. The molecule has 0 bridgehead atoms. The highest BCUT2D eigenvalue weighted by Gasteiger charge is 2.32. The molecule has 10 heteroatoms. The molecule has 4 nitrogen and oxygen atoms in total. The molecule has 25 heavy (non-hydrogen) atoms.